The number of aromatic nitrogens is 3. The molecule has 1 atom stereocenters. The topological polar surface area (TPSA) is 108 Å². The van der Waals surface area contributed by atoms with Crippen LogP contribution in [0.25, 0.3) is 0 Å². The molecule has 7 heteroatoms. The molecule has 1 aliphatic rings. The summed E-state index contributed by atoms with van der Waals surface area (Å²) in [5.41, 5.74) is -0.915. The fourth-order valence-electron chi connectivity index (χ4n) is 2.96. The molecule has 1 aliphatic carbocycles. The third kappa shape index (κ3) is 3.80. The van der Waals surface area contributed by atoms with Gasteiger partial charge in [0, 0.05) is 6.42 Å². The lowest BCUT2D eigenvalue weighted by atomic mass is 9.77. The minimum atomic E-state index is -0.915. The van der Waals surface area contributed by atoms with Gasteiger partial charge in [-0.2, -0.15) is 5.10 Å². The number of amides is 1. The normalized spacial score (nSPS) is 19.5. The molecule has 21 heavy (non-hydrogen) atoms. The van der Waals surface area contributed by atoms with Gasteiger partial charge in [-0.25, -0.2) is 4.98 Å². The van der Waals surface area contributed by atoms with Crippen molar-refractivity contribution in [3.05, 3.63) is 12.2 Å². The molecule has 3 N–H and O–H groups in total. The van der Waals surface area contributed by atoms with Crippen molar-refractivity contribution in [2.75, 3.05) is 0 Å². The average molecular weight is 294 g/mol. The van der Waals surface area contributed by atoms with Crippen LogP contribution in [0.4, 0.5) is 0 Å². The van der Waals surface area contributed by atoms with Gasteiger partial charge in [0.05, 0.1) is 11.5 Å². The summed E-state index contributed by atoms with van der Waals surface area (Å²) >= 11 is 0. The number of nitrogens with zero attached hydrogens (tertiary/aromatic N) is 2. The lowest BCUT2D eigenvalue weighted by molar-refractivity contribution is -0.153. The van der Waals surface area contributed by atoms with Crippen molar-refractivity contribution >= 4 is 11.9 Å². The predicted octanol–water partition coefficient (Wildman–Crippen LogP) is 1.80. The summed E-state index contributed by atoms with van der Waals surface area (Å²) in [5.74, 6) is -0.538. The quantitative estimate of drug-likeness (QED) is 0.718. The summed E-state index contributed by atoms with van der Waals surface area (Å²) in [6.07, 6.45) is 6.40. The van der Waals surface area contributed by atoms with Crippen LogP contribution in [0.2, 0.25) is 0 Å². The van der Waals surface area contributed by atoms with Crippen molar-refractivity contribution in [2.24, 2.45) is 5.41 Å². The Morgan fingerprint density at radius 1 is 1.38 bits per heavy atom. The second-order valence-corrected chi connectivity index (χ2v) is 5.84. The maximum atomic E-state index is 12.2. The first-order valence-electron chi connectivity index (χ1n) is 7.41. The Morgan fingerprint density at radius 2 is 2.05 bits per heavy atom. The van der Waals surface area contributed by atoms with Gasteiger partial charge in [-0.05, 0) is 19.8 Å². The van der Waals surface area contributed by atoms with Crippen LogP contribution in [-0.4, -0.2) is 32.2 Å². The van der Waals surface area contributed by atoms with Crippen molar-refractivity contribution in [3.8, 4) is 0 Å². The monoisotopic (exact) mass is 294 g/mol. The van der Waals surface area contributed by atoms with Gasteiger partial charge in [0.2, 0.25) is 5.91 Å². The van der Waals surface area contributed by atoms with E-state index in [2.05, 4.69) is 20.5 Å². The molecule has 0 saturated heterocycles. The smallest absolute Gasteiger partial charge is 0.310 e. The van der Waals surface area contributed by atoms with Gasteiger partial charge in [0.15, 0.2) is 0 Å². The molecule has 0 aromatic carbocycles. The van der Waals surface area contributed by atoms with Crippen molar-refractivity contribution in [1.82, 2.24) is 20.5 Å². The van der Waals surface area contributed by atoms with E-state index in [1.165, 1.54) is 6.33 Å². The number of H-pyrrole nitrogens is 1. The number of carboxylic acid groups (broad SMARTS) is 1. The van der Waals surface area contributed by atoms with Gasteiger partial charge < -0.3 is 10.4 Å². The molecule has 1 aromatic heterocycles. The lowest BCUT2D eigenvalue weighted by Crippen LogP contribution is -2.38. The largest absolute Gasteiger partial charge is 0.481 e. The molecule has 116 valence electrons. The van der Waals surface area contributed by atoms with Gasteiger partial charge in [-0.1, -0.05) is 25.7 Å². The summed E-state index contributed by atoms with van der Waals surface area (Å²) in [5, 5.41) is 18.8. The highest BCUT2D eigenvalue weighted by molar-refractivity contribution is 5.85. The number of carbonyl (C=O) groups excluding carboxylic acids is 1. The molecule has 1 saturated carbocycles. The molecule has 7 nitrogen and oxygen atoms in total. The third-order valence-electron chi connectivity index (χ3n) is 4.23. The van der Waals surface area contributed by atoms with Gasteiger partial charge in [0.25, 0.3) is 0 Å². The number of aliphatic carboxylic acids is 1. The maximum absolute atomic E-state index is 12.2. The highest BCUT2D eigenvalue weighted by atomic mass is 16.4. The number of carbonyl (C=O) groups is 2. The Morgan fingerprint density at radius 3 is 2.57 bits per heavy atom. The first-order valence-corrected chi connectivity index (χ1v) is 7.41. The Hall–Kier alpha value is -1.92. The Kier molecular flexibility index (Phi) is 4.93. The molecule has 0 radical (unpaired) electrons. The van der Waals surface area contributed by atoms with Crippen LogP contribution in [-0.2, 0) is 9.59 Å². The summed E-state index contributed by atoms with van der Waals surface area (Å²) < 4.78 is 0. The van der Waals surface area contributed by atoms with Gasteiger partial charge in [0.1, 0.15) is 12.2 Å². The van der Waals surface area contributed by atoms with E-state index in [1.807, 2.05) is 0 Å². The van der Waals surface area contributed by atoms with Crippen molar-refractivity contribution in [2.45, 2.75) is 57.9 Å². The van der Waals surface area contributed by atoms with Gasteiger partial charge >= 0.3 is 5.97 Å². The number of hydrogen-bond acceptors (Lipinski definition) is 4. The number of carboxylic acids is 1. The van der Waals surface area contributed by atoms with Gasteiger partial charge in [-0.15, -0.1) is 0 Å². The second kappa shape index (κ2) is 6.69. The summed E-state index contributed by atoms with van der Waals surface area (Å²) in [6, 6.07) is -0.309. The number of hydrogen-bond donors (Lipinski definition) is 3. The Labute approximate surface area is 123 Å². The minimum absolute atomic E-state index is 0.0286. The van der Waals surface area contributed by atoms with Crippen LogP contribution in [0, 0.1) is 5.41 Å². The highest BCUT2D eigenvalue weighted by Gasteiger charge is 2.40. The van der Waals surface area contributed by atoms with E-state index < -0.39 is 11.4 Å². The zero-order valence-electron chi connectivity index (χ0n) is 12.3. The Bertz CT molecular complexity index is 478. The Balaban J connectivity index is 1.99. The second-order valence-electron chi connectivity index (χ2n) is 5.84. The number of nitrogens with one attached hydrogen (secondary N) is 2. The van der Waals surface area contributed by atoms with Crippen LogP contribution in [0.3, 0.4) is 0 Å². The molecule has 1 unspecified atom stereocenters. The minimum Gasteiger partial charge on any atom is -0.481 e. The SMILES string of the molecule is CC(NC(=O)CC1(C(=O)O)CCCCCC1)c1ncn[nH]1. The van der Waals surface area contributed by atoms with Crippen molar-refractivity contribution < 1.29 is 14.7 Å². The zero-order chi connectivity index (χ0) is 15.3. The summed E-state index contributed by atoms with van der Waals surface area (Å²) in [6.45, 7) is 1.79. The van der Waals surface area contributed by atoms with E-state index >= 15 is 0 Å². The molecule has 2 rings (SSSR count). The molecule has 0 aliphatic heterocycles. The first-order chi connectivity index (χ1) is 10.0. The molecule has 1 fully saturated rings. The molecular formula is C14H22N4O3. The molecule has 1 aromatic rings. The zero-order valence-corrected chi connectivity index (χ0v) is 12.3. The fourth-order valence-corrected chi connectivity index (χ4v) is 2.96. The highest BCUT2D eigenvalue weighted by Crippen LogP contribution is 2.38. The van der Waals surface area contributed by atoms with E-state index in [0.29, 0.717) is 18.7 Å². The van der Waals surface area contributed by atoms with Crippen molar-refractivity contribution in [1.29, 1.82) is 0 Å². The standard InChI is InChI=1S/C14H22N4O3/c1-10(12-15-9-16-18-12)17-11(19)8-14(13(20)21)6-4-2-3-5-7-14/h9-10H,2-8H2,1H3,(H,17,19)(H,20,21)(H,15,16,18). The maximum Gasteiger partial charge on any atom is 0.310 e. The van der Waals surface area contributed by atoms with E-state index in [0.717, 1.165) is 25.7 Å². The first kappa shape index (κ1) is 15.5. The van der Waals surface area contributed by atoms with E-state index in [-0.39, 0.29) is 18.4 Å². The van der Waals surface area contributed by atoms with E-state index in [1.54, 1.807) is 6.92 Å². The lowest BCUT2D eigenvalue weighted by Gasteiger charge is -2.27. The number of rotatable bonds is 5. The summed E-state index contributed by atoms with van der Waals surface area (Å²) in [4.78, 5) is 27.9. The molecule has 1 amide bonds. The van der Waals surface area contributed by atoms with Gasteiger partial charge in [-0.3, -0.25) is 14.7 Å². The van der Waals surface area contributed by atoms with E-state index in [4.69, 9.17) is 0 Å². The molecule has 1 heterocycles. The molecular weight excluding hydrogens is 272 g/mol. The van der Waals surface area contributed by atoms with Crippen LogP contribution >= 0.6 is 0 Å². The predicted molar refractivity (Wildman–Crippen MR) is 75.3 cm³/mol. The average Bonchev–Trinajstić information content (AvgIpc) is 2.86. The van der Waals surface area contributed by atoms with E-state index in [9.17, 15) is 14.7 Å². The summed E-state index contributed by atoms with van der Waals surface area (Å²) in [7, 11) is 0. The van der Waals surface area contributed by atoms with Crippen LogP contribution < -0.4 is 5.32 Å². The molecule has 0 spiro atoms. The fraction of sp³-hybridized carbons (Fsp3) is 0.714. The van der Waals surface area contributed by atoms with Crippen LogP contribution in [0.15, 0.2) is 6.33 Å². The molecule has 0 bridgehead atoms. The van der Waals surface area contributed by atoms with Crippen LogP contribution in [0.5, 0.6) is 0 Å². The number of aromatic amines is 1. The van der Waals surface area contributed by atoms with Crippen molar-refractivity contribution in [3.63, 3.8) is 0 Å². The third-order valence-corrected chi connectivity index (χ3v) is 4.23. The van der Waals surface area contributed by atoms with Crippen LogP contribution in [0.1, 0.15) is 63.7 Å².